The first kappa shape index (κ1) is 16.2. The van der Waals surface area contributed by atoms with Gasteiger partial charge in [-0.3, -0.25) is 9.69 Å². The van der Waals surface area contributed by atoms with Gasteiger partial charge in [0.2, 0.25) is 5.91 Å². The molecule has 0 radical (unpaired) electrons. The number of hydrogen-bond donors (Lipinski definition) is 2. The highest BCUT2D eigenvalue weighted by atomic mass is 19.4. The molecule has 1 fully saturated rings. The summed E-state index contributed by atoms with van der Waals surface area (Å²) in [5.74, 6) is 0.105. The van der Waals surface area contributed by atoms with Gasteiger partial charge < -0.3 is 10.6 Å². The van der Waals surface area contributed by atoms with Crippen LogP contribution in [0.2, 0.25) is 0 Å². The summed E-state index contributed by atoms with van der Waals surface area (Å²) in [5, 5.41) is 5.00. The maximum atomic E-state index is 11.9. The molecule has 1 amide bonds. The van der Waals surface area contributed by atoms with Crippen LogP contribution in [-0.2, 0) is 4.79 Å². The van der Waals surface area contributed by atoms with Crippen molar-refractivity contribution in [2.45, 2.75) is 25.4 Å². The second-order valence-corrected chi connectivity index (χ2v) is 5.00. The van der Waals surface area contributed by atoms with Crippen LogP contribution in [0.25, 0.3) is 0 Å². The highest BCUT2D eigenvalue weighted by Gasteiger charge is 2.28. The SMILES string of the molecule is CNCCC1CCN(CC(=O)NCC(F)(F)F)CC1. The second-order valence-electron chi connectivity index (χ2n) is 5.00. The van der Waals surface area contributed by atoms with Crippen molar-refractivity contribution in [1.29, 1.82) is 0 Å². The molecule has 0 aromatic rings. The van der Waals surface area contributed by atoms with Crippen molar-refractivity contribution in [3.05, 3.63) is 0 Å². The van der Waals surface area contributed by atoms with Crippen molar-refractivity contribution in [3.63, 3.8) is 0 Å². The van der Waals surface area contributed by atoms with Crippen LogP contribution in [0.4, 0.5) is 13.2 Å². The average molecular weight is 281 g/mol. The van der Waals surface area contributed by atoms with Crippen LogP contribution >= 0.6 is 0 Å². The molecule has 0 bridgehead atoms. The lowest BCUT2D eigenvalue weighted by Crippen LogP contribution is -2.44. The van der Waals surface area contributed by atoms with Gasteiger partial charge in [0.15, 0.2) is 0 Å². The first-order chi connectivity index (χ1) is 8.90. The van der Waals surface area contributed by atoms with Crippen LogP contribution in [0.15, 0.2) is 0 Å². The average Bonchev–Trinajstić information content (AvgIpc) is 2.35. The maximum Gasteiger partial charge on any atom is 0.405 e. The van der Waals surface area contributed by atoms with E-state index in [9.17, 15) is 18.0 Å². The monoisotopic (exact) mass is 281 g/mol. The molecule has 4 nitrogen and oxygen atoms in total. The van der Waals surface area contributed by atoms with Crippen LogP contribution in [0.1, 0.15) is 19.3 Å². The number of carbonyl (C=O) groups is 1. The number of piperidine rings is 1. The number of carbonyl (C=O) groups excluding carboxylic acids is 1. The highest BCUT2D eigenvalue weighted by molar-refractivity contribution is 5.78. The van der Waals surface area contributed by atoms with Gasteiger partial charge in [-0.2, -0.15) is 13.2 Å². The van der Waals surface area contributed by atoms with E-state index in [1.807, 2.05) is 17.3 Å². The molecule has 1 aliphatic heterocycles. The molecule has 0 spiro atoms. The van der Waals surface area contributed by atoms with Crippen molar-refractivity contribution in [1.82, 2.24) is 15.5 Å². The number of nitrogens with one attached hydrogen (secondary N) is 2. The van der Waals surface area contributed by atoms with E-state index in [0.29, 0.717) is 5.92 Å². The number of halogens is 3. The molecular formula is C12H22F3N3O. The molecule has 0 aliphatic carbocycles. The zero-order valence-electron chi connectivity index (χ0n) is 11.2. The Bertz CT molecular complexity index is 276. The molecule has 1 heterocycles. The van der Waals surface area contributed by atoms with E-state index in [0.717, 1.165) is 38.9 Å². The van der Waals surface area contributed by atoms with E-state index in [1.54, 1.807) is 0 Å². The fourth-order valence-electron chi connectivity index (χ4n) is 2.24. The highest BCUT2D eigenvalue weighted by Crippen LogP contribution is 2.19. The predicted octanol–water partition coefficient (Wildman–Crippen LogP) is 0.986. The molecule has 0 saturated carbocycles. The summed E-state index contributed by atoms with van der Waals surface area (Å²) in [6.45, 7) is 1.37. The molecule has 0 aromatic carbocycles. The summed E-state index contributed by atoms with van der Waals surface area (Å²) in [4.78, 5) is 13.3. The van der Waals surface area contributed by atoms with Gasteiger partial charge >= 0.3 is 6.18 Å². The predicted molar refractivity (Wildman–Crippen MR) is 66.8 cm³/mol. The Hall–Kier alpha value is -0.820. The number of likely N-dealkylation sites (tertiary alicyclic amines) is 1. The smallest absolute Gasteiger partial charge is 0.346 e. The molecule has 1 aliphatic rings. The van der Waals surface area contributed by atoms with Crippen molar-refractivity contribution < 1.29 is 18.0 Å². The normalized spacial score (nSPS) is 18.5. The van der Waals surface area contributed by atoms with Crippen LogP contribution in [0.5, 0.6) is 0 Å². The molecule has 0 atom stereocenters. The summed E-state index contributed by atoms with van der Waals surface area (Å²) < 4.78 is 35.8. The van der Waals surface area contributed by atoms with E-state index in [1.165, 1.54) is 0 Å². The third-order valence-electron chi connectivity index (χ3n) is 3.36. The van der Waals surface area contributed by atoms with Crippen LogP contribution < -0.4 is 10.6 Å². The van der Waals surface area contributed by atoms with Gasteiger partial charge in [0.25, 0.3) is 0 Å². The number of rotatable bonds is 6. The number of alkyl halides is 3. The van der Waals surface area contributed by atoms with E-state index in [-0.39, 0.29) is 6.54 Å². The number of hydrogen-bond acceptors (Lipinski definition) is 3. The van der Waals surface area contributed by atoms with Crippen molar-refractivity contribution in [3.8, 4) is 0 Å². The minimum atomic E-state index is -4.34. The van der Waals surface area contributed by atoms with Crippen LogP contribution in [0.3, 0.4) is 0 Å². The minimum absolute atomic E-state index is 0.0643. The first-order valence-electron chi connectivity index (χ1n) is 6.61. The molecule has 112 valence electrons. The van der Waals surface area contributed by atoms with Gasteiger partial charge in [-0.15, -0.1) is 0 Å². The Morgan fingerprint density at radius 1 is 1.32 bits per heavy atom. The quantitative estimate of drug-likeness (QED) is 0.763. The molecule has 0 aromatic heterocycles. The molecule has 19 heavy (non-hydrogen) atoms. The first-order valence-corrected chi connectivity index (χ1v) is 6.61. The van der Waals surface area contributed by atoms with Crippen molar-refractivity contribution >= 4 is 5.91 Å². The van der Waals surface area contributed by atoms with Crippen LogP contribution in [0, 0.1) is 5.92 Å². The lowest BCUT2D eigenvalue weighted by molar-refractivity contribution is -0.139. The maximum absolute atomic E-state index is 11.9. The van der Waals surface area contributed by atoms with Gasteiger partial charge in [0.1, 0.15) is 6.54 Å². The lowest BCUT2D eigenvalue weighted by atomic mass is 9.93. The van der Waals surface area contributed by atoms with Gasteiger partial charge in [0.05, 0.1) is 6.54 Å². The Morgan fingerprint density at radius 2 is 1.95 bits per heavy atom. The van der Waals surface area contributed by atoms with E-state index in [2.05, 4.69) is 5.32 Å². The van der Waals surface area contributed by atoms with E-state index in [4.69, 9.17) is 0 Å². The standard InChI is InChI=1S/C12H22F3N3O/c1-16-5-2-10-3-6-18(7-4-10)8-11(19)17-9-12(13,14)15/h10,16H,2-9H2,1H3,(H,17,19). The lowest BCUT2D eigenvalue weighted by Gasteiger charge is -2.31. The Labute approximate surface area is 111 Å². The number of amides is 1. The molecule has 1 saturated heterocycles. The van der Waals surface area contributed by atoms with Crippen LogP contribution in [-0.4, -0.2) is 56.8 Å². The van der Waals surface area contributed by atoms with Gasteiger partial charge in [0, 0.05) is 0 Å². The molecule has 0 unspecified atom stereocenters. The molecular weight excluding hydrogens is 259 g/mol. The zero-order chi connectivity index (χ0) is 14.3. The minimum Gasteiger partial charge on any atom is -0.346 e. The van der Waals surface area contributed by atoms with E-state index < -0.39 is 18.6 Å². The Balaban J connectivity index is 2.16. The molecule has 1 rings (SSSR count). The summed E-state index contributed by atoms with van der Waals surface area (Å²) in [6.07, 6.45) is -1.21. The topological polar surface area (TPSA) is 44.4 Å². The number of nitrogens with zero attached hydrogens (tertiary/aromatic N) is 1. The third-order valence-corrected chi connectivity index (χ3v) is 3.36. The van der Waals surface area contributed by atoms with Crippen molar-refractivity contribution in [2.24, 2.45) is 5.92 Å². The van der Waals surface area contributed by atoms with E-state index >= 15 is 0 Å². The van der Waals surface area contributed by atoms with Gasteiger partial charge in [-0.1, -0.05) is 0 Å². The molecule has 7 heteroatoms. The van der Waals surface area contributed by atoms with Gasteiger partial charge in [-0.25, -0.2) is 0 Å². The summed E-state index contributed by atoms with van der Waals surface area (Å²) in [5.41, 5.74) is 0. The second kappa shape index (κ2) is 7.69. The molecule has 2 N–H and O–H groups in total. The summed E-state index contributed by atoms with van der Waals surface area (Å²) >= 11 is 0. The Kier molecular flexibility index (Phi) is 6.57. The third kappa shape index (κ3) is 7.37. The fraction of sp³-hybridized carbons (Fsp3) is 0.917. The largest absolute Gasteiger partial charge is 0.405 e. The van der Waals surface area contributed by atoms with Crippen molar-refractivity contribution in [2.75, 3.05) is 39.8 Å². The summed E-state index contributed by atoms with van der Waals surface area (Å²) in [7, 11) is 1.92. The zero-order valence-corrected chi connectivity index (χ0v) is 11.2. The Morgan fingerprint density at radius 3 is 2.47 bits per heavy atom. The summed E-state index contributed by atoms with van der Waals surface area (Å²) in [6, 6.07) is 0. The van der Waals surface area contributed by atoms with Gasteiger partial charge in [-0.05, 0) is 51.9 Å². The fourth-order valence-corrected chi connectivity index (χ4v) is 2.24.